The summed E-state index contributed by atoms with van der Waals surface area (Å²) in [7, 11) is 0. The predicted molar refractivity (Wildman–Crippen MR) is 77.5 cm³/mol. The van der Waals surface area contributed by atoms with Crippen LogP contribution in [-0.2, 0) is 6.54 Å². The number of aromatic nitrogens is 2. The Hall–Kier alpha value is -2.21. The van der Waals surface area contributed by atoms with Crippen molar-refractivity contribution in [1.82, 2.24) is 9.78 Å². The molecule has 0 saturated carbocycles. The second-order valence-electron chi connectivity index (χ2n) is 4.87. The summed E-state index contributed by atoms with van der Waals surface area (Å²) in [4.78, 5) is 22.3. The molecular formula is C14H12ClN3O3. The summed E-state index contributed by atoms with van der Waals surface area (Å²) >= 11 is 5.88. The summed E-state index contributed by atoms with van der Waals surface area (Å²) in [6.45, 7) is 2.57. The van der Waals surface area contributed by atoms with Gasteiger partial charge in [0.25, 0.3) is 0 Å². The Morgan fingerprint density at radius 3 is 2.81 bits per heavy atom. The zero-order valence-electron chi connectivity index (χ0n) is 11.2. The highest BCUT2D eigenvalue weighted by Crippen LogP contribution is 2.37. The van der Waals surface area contributed by atoms with E-state index in [1.165, 1.54) is 0 Å². The summed E-state index contributed by atoms with van der Waals surface area (Å²) in [6, 6.07) is 6.92. The van der Waals surface area contributed by atoms with E-state index in [1.807, 2.05) is 6.92 Å². The smallest absolute Gasteiger partial charge is 0.337 e. The van der Waals surface area contributed by atoms with Gasteiger partial charge in [-0.25, -0.2) is 4.68 Å². The van der Waals surface area contributed by atoms with Crippen LogP contribution in [0.3, 0.4) is 0 Å². The minimum Gasteiger partial charge on any atom is -0.474 e. The molecule has 1 unspecified atom stereocenters. The Bertz CT molecular complexity index is 709. The molecule has 0 N–H and O–H groups in total. The Kier molecular flexibility index (Phi) is 3.47. The van der Waals surface area contributed by atoms with Crippen LogP contribution in [0.1, 0.15) is 23.8 Å². The lowest BCUT2D eigenvalue weighted by Crippen LogP contribution is -2.23. The molecule has 0 radical (unpaired) electrons. The quantitative estimate of drug-likeness (QED) is 0.798. The van der Waals surface area contributed by atoms with Gasteiger partial charge in [0.05, 0.1) is 11.7 Å². The molecular weight excluding hydrogens is 294 g/mol. The maximum absolute atomic E-state index is 11.7. The van der Waals surface area contributed by atoms with Gasteiger partial charge in [0.15, 0.2) is 5.69 Å². The van der Waals surface area contributed by atoms with Crippen molar-refractivity contribution >= 4 is 17.5 Å². The van der Waals surface area contributed by atoms with Crippen LogP contribution < -0.4 is 4.74 Å². The SMILES string of the molecule is CC1CCn2nc(C(=O)N=O)c(-c3ccc(Cl)cc3)c2O1. The highest BCUT2D eigenvalue weighted by atomic mass is 35.5. The fourth-order valence-corrected chi connectivity index (χ4v) is 2.47. The fourth-order valence-electron chi connectivity index (χ4n) is 2.34. The number of nitroso groups, excluding NO2 is 1. The average Bonchev–Trinajstić information content (AvgIpc) is 2.86. The van der Waals surface area contributed by atoms with Crippen molar-refractivity contribution < 1.29 is 9.53 Å². The summed E-state index contributed by atoms with van der Waals surface area (Å²) in [6.07, 6.45) is 0.809. The number of fused-ring (bicyclic) bond motifs is 1. The number of carbonyl (C=O) groups is 1. The third kappa shape index (κ3) is 2.42. The van der Waals surface area contributed by atoms with Gasteiger partial charge in [0.2, 0.25) is 5.88 Å². The summed E-state index contributed by atoms with van der Waals surface area (Å²) in [5.74, 6) is -0.416. The number of benzene rings is 1. The molecule has 108 valence electrons. The maximum Gasteiger partial charge on any atom is 0.337 e. The van der Waals surface area contributed by atoms with Gasteiger partial charge in [0.1, 0.15) is 0 Å². The van der Waals surface area contributed by atoms with E-state index in [1.54, 1.807) is 28.9 Å². The number of aryl methyl sites for hydroxylation is 1. The highest BCUT2D eigenvalue weighted by Gasteiger charge is 2.29. The number of hydrogen-bond donors (Lipinski definition) is 0. The largest absolute Gasteiger partial charge is 0.474 e. The molecule has 1 aromatic carbocycles. The van der Waals surface area contributed by atoms with Gasteiger partial charge < -0.3 is 4.74 Å². The van der Waals surface area contributed by atoms with E-state index in [9.17, 15) is 9.70 Å². The Morgan fingerprint density at radius 1 is 1.43 bits per heavy atom. The van der Waals surface area contributed by atoms with Gasteiger partial charge in [-0.05, 0) is 24.6 Å². The minimum atomic E-state index is -0.905. The van der Waals surface area contributed by atoms with E-state index in [2.05, 4.69) is 10.3 Å². The molecule has 1 atom stereocenters. The van der Waals surface area contributed by atoms with Gasteiger partial charge in [0, 0.05) is 23.2 Å². The van der Waals surface area contributed by atoms with Crippen molar-refractivity contribution in [3.63, 3.8) is 0 Å². The van der Waals surface area contributed by atoms with Crippen LogP contribution in [0.25, 0.3) is 11.1 Å². The molecule has 3 rings (SSSR count). The molecule has 1 amide bonds. The van der Waals surface area contributed by atoms with Crippen molar-refractivity contribution in [3.8, 4) is 17.0 Å². The lowest BCUT2D eigenvalue weighted by atomic mass is 10.1. The van der Waals surface area contributed by atoms with E-state index < -0.39 is 5.91 Å². The molecule has 0 fully saturated rings. The molecule has 0 bridgehead atoms. The molecule has 1 aliphatic rings. The lowest BCUT2D eigenvalue weighted by Gasteiger charge is -2.22. The van der Waals surface area contributed by atoms with E-state index >= 15 is 0 Å². The van der Waals surface area contributed by atoms with E-state index in [4.69, 9.17) is 16.3 Å². The van der Waals surface area contributed by atoms with Crippen molar-refractivity contribution in [2.75, 3.05) is 0 Å². The molecule has 1 aliphatic heterocycles. The standard InChI is InChI=1S/C14H12ClN3O3/c1-8-6-7-18-14(21-8)11(12(16-18)13(19)17-20)9-2-4-10(15)5-3-9/h2-5,8H,6-7H2,1H3. The third-order valence-electron chi connectivity index (χ3n) is 3.38. The minimum absolute atomic E-state index is 0.0106. The molecule has 2 aromatic rings. The number of carbonyl (C=O) groups excluding carboxylic acids is 1. The number of halogens is 1. The first-order valence-corrected chi connectivity index (χ1v) is 6.89. The van der Waals surface area contributed by atoms with Gasteiger partial charge >= 0.3 is 5.91 Å². The van der Waals surface area contributed by atoms with Crippen molar-refractivity contribution in [3.05, 3.63) is 39.9 Å². The van der Waals surface area contributed by atoms with Gasteiger partial charge in [-0.1, -0.05) is 23.7 Å². The van der Waals surface area contributed by atoms with Crippen LogP contribution in [0.15, 0.2) is 29.4 Å². The number of amides is 1. The Labute approximate surface area is 125 Å². The third-order valence-corrected chi connectivity index (χ3v) is 3.64. The average molecular weight is 306 g/mol. The first-order valence-electron chi connectivity index (χ1n) is 6.51. The Morgan fingerprint density at radius 2 is 2.14 bits per heavy atom. The number of hydrogen-bond acceptors (Lipinski definition) is 4. The second-order valence-corrected chi connectivity index (χ2v) is 5.31. The molecule has 7 heteroatoms. The maximum atomic E-state index is 11.7. The topological polar surface area (TPSA) is 73.5 Å². The summed E-state index contributed by atoms with van der Waals surface area (Å²) < 4.78 is 7.39. The van der Waals surface area contributed by atoms with E-state index in [-0.39, 0.29) is 11.8 Å². The number of rotatable bonds is 2. The predicted octanol–water partition coefficient (Wildman–Crippen LogP) is 3.28. The monoisotopic (exact) mass is 305 g/mol. The molecule has 2 heterocycles. The van der Waals surface area contributed by atoms with Crippen LogP contribution in [-0.4, -0.2) is 21.8 Å². The molecule has 1 aromatic heterocycles. The van der Waals surface area contributed by atoms with Crippen LogP contribution in [0.4, 0.5) is 0 Å². The number of nitrogens with zero attached hydrogens (tertiary/aromatic N) is 3. The number of ether oxygens (including phenoxy) is 1. The van der Waals surface area contributed by atoms with Crippen molar-refractivity contribution in [2.45, 2.75) is 26.0 Å². The van der Waals surface area contributed by atoms with Crippen LogP contribution >= 0.6 is 11.6 Å². The summed E-state index contributed by atoms with van der Waals surface area (Å²) in [5.41, 5.74) is 1.21. The first kappa shape index (κ1) is 13.8. The van der Waals surface area contributed by atoms with E-state index in [0.29, 0.717) is 28.6 Å². The zero-order valence-corrected chi connectivity index (χ0v) is 12.0. The Balaban J connectivity index is 2.20. The second kappa shape index (κ2) is 5.29. The van der Waals surface area contributed by atoms with Crippen LogP contribution in [0.5, 0.6) is 5.88 Å². The molecule has 0 aliphatic carbocycles. The van der Waals surface area contributed by atoms with E-state index in [0.717, 1.165) is 6.42 Å². The lowest BCUT2D eigenvalue weighted by molar-refractivity contribution is 0.0995. The van der Waals surface area contributed by atoms with Crippen molar-refractivity contribution in [2.24, 2.45) is 5.18 Å². The first-order chi connectivity index (χ1) is 10.1. The molecule has 0 spiro atoms. The van der Waals surface area contributed by atoms with Crippen LogP contribution in [0, 0.1) is 4.91 Å². The fraction of sp³-hybridized carbons (Fsp3) is 0.286. The van der Waals surface area contributed by atoms with Gasteiger partial charge in [-0.3, -0.25) is 4.79 Å². The van der Waals surface area contributed by atoms with Gasteiger partial charge in [-0.2, -0.15) is 5.10 Å². The normalized spacial score (nSPS) is 17.0. The zero-order chi connectivity index (χ0) is 15.0. The van der Waals surface area contributed by atoms with Crippen LogP contribution in [0.2, 0.25) is 5.02 Å². The molecule has 6 nitrogen and oxygen atoms in total. The van der Waals surface area contributed by atoms with Crippen molar-refractivity contribution in [1.29, 1.82) is 0 Å². The molecule has 21 heavy (non-hydrogen) atoms. The highest BCUT2D eigenvalue weighted by molar-refractivity contribution is 6.30. The summed E-state index contributed by atoms with van der Waals surface area (Å²) in [5, 5.41) is 7.23. The molecule has 0 saturated heterocycles. The van der Waals surface area contributed by atoms with Gasteiger partial charge in [-0.15, -0.1) is 4.91 Å².